The molecular weight excluding hydrogens is 218 g/mol. The van der Waals surface area contributed by atoms with E-state index in [1.54, 1.807) is 0 Å². The topological polar surface area (TPSA) is 67.6 Å². The van der Waals surface area contributed by atoms with Gasteiger partial charge in [-0.1, -0.05) is 6.92 Å². The van der Waals surface area contributed by atoms with E-state index in [0.29, 0.717) is 6.54 Å². The molecule has 0 saturated carbocycles. The number of carbonyl (C=O) groups is 1. The molecule has 0 aromatic rings. The molecule has 0 spiro atoms. The first-order chi connectivity index (χ1) is 7.78. The van der Waals surface area contributed by atoms with Crippen LogP contribution in [0.5, 0.6) is 0 Å². The summed E-state index contributed by atoms with van der Waals surface area (Å²) in [7, 11) is 2.02. The van der Waals surface area contributed by atoms with E-state index in [1.165, 1.54) is 0 Å². The van der Waals surface area contributed by atoms with E-state index in [1.807, 2.05) is 27.8 Å². The van der Waals surface area contributed by atoms with Gasteiger partial charge in [-0.3, -0.25) is 0 Å². The van der Waals surface area contributed by atoms with Crippen LogP contribution in [0.25, 0.3) is 0 Å². The minimum atomic E-state index is -0.474. The molecule has 5 heteroatoms. The first-order valence-electron chi connectivity index (χ1n) is 6.16. The van der Waals surface area contributed by atoms with Gasteiger partial charge in [-0.05, 0) is 40.8 Å². The molecular formula is C12H27N3O2. The number of hydrogen-bond donors (Lipinski definition) is 2. The van der Waals surface area contributed by atoms with E-state index in [4.69, 9.17) is 10.5 Å². The highest BCUT2D eigenvalue weighted by Crippen LogP contribution is 2.06. The Balaban J connectivity index is 4.08. The molecule has 102 valence electrons. The molecule has 0 aliphatic heterocycles. The van der Waals surface area contributed by atoms with Crippen molar-refractivity contribution in [2.75, 3.05) is 26.7 Å². The Bertz CT molecular complexity index is 226. The molecule has 0 bridgehead atoms. The Labute approximate surface area is 105 Å². The summed E-state index contributed by atoms with van der Waals surface area (Å²) >= 11 is 0. The summed E-state index contributed by atoms with van der Waals surface area (Å²) < 4.78 is 5.19. The Hall–Kier alpha value is -0.810. The van der Waals surface area contributed by atoms with Crippen LogP contribution in [-0.2, 0) is 4.74 Å². The second-order valence-corrected chi connectivity index (χ2v) is 5.34. The van der Waals surface area contributed by atoms with Crippen LogP contribution in [0.15, 0.2) is 0 Å². The predicted molar refractivity (Wildman–Crippen MR) is 70.0 cm³/mol. The third kappa shape index (κ3) is 8.94. The summed E-state index contributed by atoms with van der Waals surface area (Å²) in [4.78, 5) is 13.7. The van der Waals surface area contributed by atoms with E-state index in [-0.39, 0.29) is 6.04 Å². The van der Waals surface area contributed by atoms with E-state index >= 15 is 0 Å². The van der Waals surface area contributed by atoms with E-state index in [2.05, 4.69) is 17.1 Å². The number of nitrogens with zero attached hydrogens (tertiary/aromatic N) is 1. The number of likely N-dealkylation sites (N-methyl/N-ethyl adjacent to an activating group) is 1. The van der Waals surface area contributed by atoms with Crippen LogP contribution in [0, 0.1) is 0 Å². The number of rotatable bonds is 6. The van der Waals surface area contributed by atoms with Gasteiger partial charge in [-0.2, -0.15) is 0 Å². The lowest BCUT2D eigenvalue weighted by Crippen LogP contribution is -2.48. The van der Waals surface area contributed by atoms with E-state index in [9.17, 15) is 4.79 Å². The van der Waals surface area contributed by atoms with Crippen molar-refractivity contribution in [3.05, 3.63) is 0 Å². The van der Waals surface area contributed by atoms with Crippen LogP contribution in [0.3, 0.4) is 0 Å². The molecule has 0 rings (SSSR count). The summed E-state index contributed by atoms with van der Waals surface area (Å²) in [5.74, 6) is 0. The fourth-order valence-corrected chi connectivity index (χ4v) is 1.50. The van der Waals surface area contributed by atoms with Gasteiger partial charge in [0.2, 0.25) is 0 Å². The number of hydrogen-bond acceptors (Lipinski definition) is 4. The van der Waals surface area contributed by atoms with Gasteiger partial charge >= 0.3 is 6.09 Å². The van der Waals surface area contributed by atoms with Gasteiger partial charge in [0, 0.05) is 13.1 Å². The van der Waals surface area contributed by atoms with Crippen LogP contribution in [0.4, 0.5) is 4.79 Å². The molecule has 0 saturated heterocycles. The normalized spacial score (nSPS) is 13.6. The Kier molecular flexibility index (Phi) is 7.15. The lowest BCUT2D eigenvalue weighted by molar-refractivity contribution is 0.0497. The summed E-state index contributed by atoms with van der Waals surface area (Å²) in [5.41, 5.74) is 5.16. The van der Waals surface area contributed by atoms with Crippen molar-refractivity contribution in [2.45, 2.75) is 45.8 Å². The van der Waals surface area contributed by atoms with Gasteiger partial charge in [0.15, 0.2) is 0 Å². The molecule has 3 N–H and O–H groups in total. The quantitative estimate of drug-likeness (QED) is 0.737. The lowest BCUT2D eigenvalue weighted by Gasteiger charge is -2.25. The molecule has 0 aliphatic rings. The lowest BCUT2D eigenvalue weighted by atomic mass is 10.2. The zero-order valence-electron chi connectivity index (χ0n) is 11.7. The van der Waals surface area contributed by atoms with Gasteiger partial charge < -0.3 is 20.7 Å². The first-order valence-corrected chi connectivity index (χ1v) is 6.16. The first kappa shape index (κ1) is 16.2. The van der Waals surface area contributed by atoms with E-state index < -0.39 is 11.7 Å². The summed E-state index contributed by atoms with van der Waals surface area (Å²) in [5, 5.41) is 2.78. The van der Waals surface area contributed by atoms with Crippen LogP contribution in [-0.4, -0.2) is 49.3 Å². The SMILES string of the molecule is CCCN(C)CC(CN)NC(=O)OC(C)(C)C. The maximum atomic E-state index is 11.6. The standard InChI is InChI=1S/C12H27N3O2/c1-6-7-15(5)9-10(8-13)14-11(16)17-12(2,3)4/h10H,6-9,13H2,1-5H3,(H,14,16). The van der Waals surface area contributed by atoms with Gasteiger partial charge in [-0.15, -0.1) is 0 Å². The number of nitrogens with two attached hydrogens (primary N) is 1. The third-order valence-corrected chi connectivity index (χ3v) is 2.14. The molecule has 1 atom stereocenters. The van der Waals surface area contributed by atoms with Crippen LogP contribution in [0.2, 0.25) is 0 Å². The highest BCUT2D eigenvalue weighted by molar-refractivity contribution is 5.68. The number of carbonyl (C=O) groups excluding carboxylic acids is 1. The number of ether oxygens (including phenoxy) is 1. The molecule has 1 amide bonds. The highest BCUT2D eigenvalue weighted by Gasteiger charge is 2.19. The largest absolute Gasteiger partial charge is 0.444 e. The zero-order chi connectivity index (χ0) is 13.5. The summed E-state index contributed by atoms with van der Waals surface area (Å²) in [6, 6.07) is -0.0681. The fourth-order valence-electron chi connectivity index (χ4n) is 1.50. The maximum absolute atomic E-state index is 11.6. The molecule has 0 aliphatic carbocycles. The third-order valence-electron chi connectivity index (χ3n) is 2.14. The average Bonchev–Trinajstić information content (AvgIpc) is 2.13. The highest BCUT2D eigenvalue weighted by atomic mass is 16.6. The van der Waals surface area contributed by atoms with Crippen molar-refractivity contribution in [1.82, 2.24) is 10.2 Å². The van der Waals surface area contributed by atoms with Crippen molar-refractivity contribution < 1.29 is 9.53 Å². The number of amides is 1. The minimum absolute atomic E-state index is 0.0681. The Morgan fingerprint density at radius 3 is 2.47 bits per heavy atom. The minimum Gasteiger partial charge on any atom is -0.444 e. The zero-order valence-corrected chi connectivity index (χ0v) is 11.7. The average molecular weight is 245 g/mol. The van der Waals surface area contributed by atoms with Crippen molar-refractivity contribution in [2.24, 2.45) is 5.73 Å². The van der Waals surface area contributed by atoms with Crippen LogP contribution < -0.4 is 11.1 Å². The number of nitrogens with one attached hydrogen (secondary N) is 1. The summed E-state index contributed by atoms with van der Waals surface area (Å²) in [6.45, 7) is 9.78. The molecule has 0 aromatic carbocycles. The van der Waals surface area contributed by atoms with Crippen LogP contribution >= 0.6 is 0 Å². The monoisotopic (exact) mass is 245 g/mol. The second kappa shape index (κ2) is 7.50. The van der Waals surface area contributed by atoms with Crippen molar-refractivity contribution >= 4 is 6.09 Å². The number of alkyl carbamates (subject to hydrolysis) is 1. The van der Waals surface area contributed by atoms with Crippen molar-refractivity contribution in [1.29, 1.82) is 0 Å². The maximum Gasteiger partial charge on any atom is 0.407 e. The second-order valence-electron chi connectivity index (χ2n) is 5.34. The molecule has 0 fully saturated rings. The molecule has 1 unspecified atom stereocenters. The van der Waals surface area contributed by atoms with Gasteiger partial charge in [-0.25, -0.2) is 4.79 Å². The predicted octanol–water partition coefficient (Wildman–Crippen LogP) is 1.18. The molecule has 0 aromatic heterocycles. The Morgan fingerprint density at radius 1 is 1.47 bits per heavy atom. The van der Waals surface area contributed by atoms with Crippen molar-refractivity contribution in [3.8, 4) is 0 Å². The molecule has 0 heterocycles. The fraction of sp³-hybridized carbons (Fsp3) is 0.917. The molecule has 0 radical (unpaired) electrons. The van der Waals surface area contributed by atoms with Gasteiger partial charge in [0.1, 0.15) is 5.60 Å². The molecule has 17 heavy (non-hydrogen) atoms. The van der Waals surface area contributed by atoms with Crippen LogP contribution in [0.1, 0.15) is 34.1 Å². The smallest absolute Gasteiger partial charge is 0.407 e. The Morgan fingerprint density at radius 2 is 2.06 bits per heavy atom. The van der Waals surface area contributed by atoms with Crippen molar-refractivity contribution in [3.63, 3.8) is 0 Å². The summed E-state index contributed by atoms with van der Waals surface area (Å²) in [6.07, 6.45) is 0.679. The van der Waals surface area contributed by atoms with E-state index in [0.717, 1.165) is 19.5 Å². The van der Waals surface area contributed by atoms with Gasteiger partial charge in [0.05, 0.1) is 6.04 Å². The van der Waals surface area contributed by atoms with Gasteiger partial charge in [0.25, 0.3) is 0 Å². The molecule has 5 nitrogen and oxygen atoms in total.